The van der Waals surface area contributed by atoms with E-state index in [1.165, 1.54) is 11.8 Å². The minimum absolute atomic E-state index is 0.0172. The third kappa shape index (κ3) is 6.08. The molecule has 0 spiro atoms. The Bertz CT molecular complexity index is 897. The number of rotatable bonds is 5. The molecule has 31 heavy (non-hydrogen) atoms. The van der Waals surface area contributed by atoms with Gasteiger partial charge in [0, 0.05) is 23.2 Å². The van der Waals surface area contributed by atoms with Gasteiger partial charge >= 0.3 is 6.09 Å². The maximum atomic E-state index is 13.0. The number of nitrogens with zero attached hydrogens (tertiary/aromatic N) is 2. The lowest BCUT2D eigenvalue weighted by Crippen LogP contribution is -2.50. The van der Waals surface area contributed by atoms with Gasteiger partial charge in [-0.1, -0.05) is 48.2 Å². The van der Waals surface area contributed by atoms with Crippen LogP contribution >= 0.6 is 11.8 Å². The van der Waals surface area contributed by atoms with Crippen molar-refractivity contribution in [2.24, 2.45) is 0 Å². The van der Waals surface area contributed by atoms with E-state index in [0.717, 1.165) is 5.56 Å². The number of thioether (sulfide) groups is 1. The van der Waals surface area contributed by atoms with E-state index >= 15 is 0 Å². The van der Waals surface area contributed by atoms with Crippen molar-refractivity contribution >= 4 is 23.0 Å². The van der Waals surface area contributed by atoms with Gasteiger partial charge < -0.3 is 9.47 Å². The van der Waals surface area contributed by atoms with Crippen LogP contribution in [0, 0.1) is 0 Å². The van der Waals surface area contributed by atoms with Crippen molar-refractivity contribution < 1.29 is 19.1 Å². The van der Waals surface area contributed by atoms with Gasteiger partial charge in [0.1, 0.15) is 11.3 Å². The van der Waals surface area contributed by atoms with Gasteiger partial charge in [0.15, 0.2) is 0 Å². The standard InChI is InChI=1S/C24H30N2O4S/c1-23(2,3)30-22(28)26-19(16-29-24(26,4)5)14-20(18-12-9-13-25-15-18)31-21(27)17-10-7-6-8-11-17/h6-13,15,19-20H,14,16H2,1-5H3/t19-,20+/m0/s1. The Morgan fingerprint density at radius 3 is 2.55 bits per heavy atom. The molecule has 1 amide bonds. The summed E-state index contributed by atoms with van der Waals surface area (Å²) in [6.07, 6.45) is 3.61. The molecule has 2 heterocycles. The summed E-state index contributed by atoms with van der Waals surface area (Å²) in [4.78, 5) is 31.8. The first-order chi connectivity index (χ1) is 14.6. The minimum atomic E-state index is -0.791. The molecule has 1 saturated heterocycles. The maximum Gasteiger partial charge on any atom is 0.412 e. The van der Waals surface area contributed by atoms with E-state index in [9.17, 15) is 9.59 Å². The molecule has 0 saturated carbocycles. The van der Waals surface area contributed by atoms with Crippen LogP contribution in [0.5, 0.6) is 0 Å². The second-order valence-corrected chi connectivity index (χ2v) is 10.2. The molecule has 0 N–H and O–H groups in total. The van der Waals surface area contributed by atoms with Gasteiger partial charge in [-0.15, -0.1) is 0 Å². The molecule has 3 rings (SSSR count). The number of hydrogen-bond acceptors (Lipinski definition) is 6. The van der Waals surface area contributed by atoms with Gasteiger partial charge in [-0.3, -0.25) is 14.7 Å². The van der Waals surface area contributed by atoms with E-state index in [-0.39, 0.29) is 16.4 Å². The van der Waals surface area contributed by atoms with Crippen LogP contribution in [0.4, 0.5) is 4.79 Å². The molecule has 6 nitrogen and oxygen atoms in total. The Morgan fingerprint density at radius 1 is 1.23 bits per heavy atom. The van der Waals surface area contributed by atoms with Crippen LogP contribution in [0.25, 0.3) is 0 Å². The number of pyridine rings is 1. The molecule has 1 fully saturated rings. The first kappa shape index (κ1) is 23.3. The highest BCUT2D eigenvalue weighted by molar-refractivity contribution is 8.14. The summed E-state index contributed by atoms with van der Waals surface area (Å²) in [6.45, 7) is 9.63. The first-order valence-corrected chi connectivity index (χ1v) is 11.3. The molecule has 2 atom stereocenters. The highest BCUT2D eigenvalue weighted by atomic mass is 32.2. The summed E-state index contributed by atoms with van der Waals surface area (Å²) in [6, 6.07) is 12.8. The summed E-state index contributed by atoms with van der Waals surface area (Å²) < 4.78 is 11.6. The summed E-state index contributed by atoms with van der Waals surface area (Å²) in [7, 11) is 0. The van der Waals surface area contributed by atoms with E-state index < -0.39 is 17.4 Å². The van der Waals surface area contributed by atoms with Crippen molar-refractivity contribution in [1.29, 1.82) is 0 Å². The molecule has 1 aromatic heterocycles. The van der Waals surface area contributed by atoms with Crippen molar-refractivity contribution in [3.05, 3.63) is 66.0 Å². The number of amides is 1. The van der Waals surface area contributed by atoms with E-state index in [0.29, 0.717) is 18.6 Å². The van der Waals surface area contributed by atoms with E-state index in [1.54, 1.807) is 17.3 Å². The summed E-state index contributed by atoms with van der Waals surface area (Å²) in [5.74, 6) is 0. The predicted molar refractivity (Wildman–Crippen MR) is 122 cm³/mol. The van der Waals surface area contributed by atoms with Crippen LogP contribution in [0.15, 0.2) is 54.9 Å². The second-order valence-electron chi connectivity index (χ2n) is 9.04. The molecule has 166 valence electrons. The van der Waals surface area contributed by atoms with Crippen molar-refractivity contribution in [2.45, 2.75) is 63.7 Å². The number of benzene rings is 1. The quantitative estimate of drug-likeness (QED) is 0.613. The Balaban J connectivity index is 1.84. The third-order valence-corrected chi connectivity index (χ3v) is 6.16. The molecule has 0 aliphatic carbocycles. The number of ether oxygens (including phenoxy) is 2. The van der Waals surface area contributed by atoms with Crippen LogP contribution < -0.4 is 0 Å². The lowest BCUT2D eigenvalue weighted by molar-refractivity contribution is -0.0626. The van der Waals surface area contributed by atoms with Crippen LogP contribution in [0.1, 0.15) is 62.2 Å². The van der Waals surface area contributed by atoms with Gasteiger partial charge in [-0.2, -0.15) is 0 Å². The fraction of sp³-hybridized carbons (Fsp3) is 0.458. The number of hydrogen-bond donors (Lipinski definition) is 0. The van der Waals surface area contributed by atoms with Gasteiger partial charge in [0.2, 0.25) is 5.12 Å². The average molecular weight is 443 g/mol. The zero-order valence-electron chi connectivity index (χ0n) is 18.7. The molecular weight excluding hydrogens is 412 g/mol. The Labute approximate surface area is 188 Å². The van der Waals surface area contributed by atoms with Gasteiger partial charge in [0.05, 0.1) is 12.6 Å². The molecule has 0 unspecified atom stereocenters. The highest BCUT2D eigenvalue weighted by Gasteiger charge is 2.46. The second kappa shape index (κ2) is 9.40. The van der Waals surface area contributed by atoms with E-state index in [4.69, 9.17) is 9.47 Å². The van der Waals surface area contributed by atoms with Crippen molar-refractivity contribution in [1.82, 2.24) is 9.88 Å². The minimum Gasteiger partial charge on any atom is -0.444 e. The topological polar surface area (TPSA) is 68.7 Å². The largest absolute Gasteiger partial charge is 0.444 e. The smallest absolute Gasteiger partial charge is 0.412 e. The monoisotopic (exact) mass is 442 g/mol. The zero-order valence-corrected chi connectivity index (χ0v) is 19.5. The van der Waals surface area contributed by atoms with Crippen molar-refractivity contribution in [2.75, 3.05) is 6.61 Å². The Morgan fingerprint density at radius 2 is 1.94 bits per heavy atom. The van der Waals surface area contributed by atoms with Gasteiger partial charge in [0.25, 0.3) is 0 Å². The number of carbonyl (C=O) groups excluding carboxylic acids is 2. The zero-order chi connectivity index (χ0) is 22.6. The normalized spacial score (nSPS) is 19.1. The molecule has 7 heteroatoms. The third-order valence-electron chi connectivity index (χ3n) is 4.97. The Hall–Kier alpha value is -2.38. The lowest BCUT2D eigenvalue weighted by atomic mass is 10.1. The molecular formula is C24H30N2O4S. The Kier molecular flexibility index (Phi) is 7.06. The number of aromatic nitrogens is 1. The molecule has 0 bridgehead atoms. The van der Waals surface area contributed by atoms with Gasteiger partial charge in [-0.25, -0.2) is 4.79 Å². The summed E-state index contributed by atoms with van der Waals surface area (Å²) in [5.41, 5.74) is 0.181. The van der Waals surface area contributed by atoms with Gasteiger partial charge in [-0.05, 0) is 52.7 Å². The lowest BCUT2D eigenvalue weighted by Gasteiger charge is -2.36. The molecule has 2 aromatic rings. The molecule has 1 aliphatic heterocycles. The summed E-state index contributed by atoms with van der Waals surface area (Å²) in [5, 5.41) is -0.203. The predicted octanol–water partition coefficient (Wildman–Crippen LogP) is 5.46. The molecule has 0 radical (unpaired) electrons. The van der Waals surface area contributed by atoms with Crippen LogP contribution in [0.3, 0.4) is 0 Å². The fourth-order valence-electron chi connectivity index (χ4n) is 3.57. The SMILES string of the molecule is CC(C)(C)OC(=O)N1[C@@H](C[C@@H](SC(=O)c2ccccc2)c2cccnc2)COC1(C)C. The molecule has 1 aliphatic rings. The van der Waals surface area contributed by atoms with Crippen molar-refractivity contribution in [3.8, 4) is 0 Å². The molecule has 1 aromatic carbocycles. The van der Waals surface area contributed by atoms with Crippen LogP contribution in [0.2, 0.25) is 0 Å². The van der Waals surface area contributed by atoms with Crippen LogP contribution in [-0.4, -0.2) is 45.1 Å². The highest BCUT2D eigenvalue weighted by Crippen LogP contribution is 2.40. The maximum absolute atomic E-state index is 13.0. The van der Waals surface area contributed by atoms with Crippen molar-refractivity contribution in [3.63, 3.8) is 0 Å². The summed E-state index contributed by atoms with van der Waals surface area (Å²) >= 11 is 1.25. The fourth-order valence-corrected chi connectivity index (χ4v) is 4.70. The van der Waals surface area contributed by atoms with Crippen LogP contribution in [-0.2, 0) is 9.47 Å². The van der Waals surface area contributed by atoms with E-state index in [2.05, 4.69) is 4.98 Å². The number of carbonyl (C=O) groups is 2. The average Bonchev–Trinajstić information content (AvgIpc) is 3.01. The van der Waals surface area contributed by atoms with E-state index in [1.807, 2.05) is 77.1 Å². The first-order valence-electron chi connectivity index (χ1n) is 10.4.